The number of anilines is 1. The molecule has 0 aliphatic heterocycles. The third-order valence-electron chi connectivity index (χ3n) is 6.10. The number of nitrogens with one attached hydrogen (secondary N) is 2. The maximum absolute atomic E-state index is 13.9. The van der Waals surface area contributed by atoms with Gasteiger partial charge in [-0.05, 0) is 68.7 Å². The molecule has 8 nitrogen and oxygen atoms in total. The molecule has 0 radical (unpaired) electrons. The van der Waals surface area contributed by atoms with Gasteiger partial charge in [-0.15, -0.1) is 0 Å². The number of carbonyl (C=O) groups excluding carboxylic acids is 3. The second-order valence-corrected chi connectivity index (χ2v) is 10.8. The zero-order chi connectivity index (χ0) is 28.7. The van der Waals surface area contributed by atoms with Gasteiger partial charge in [0.05, 0.1) is 6.61 Å². The van der Waals surface area contributed by atoms with E-state index in [-0.39, 0.29) is 18.9 Å². The molecular formula is C30H37N3O5S. The van der Waals surface area contributed by atoms with Gasteiger partial charge in [-0.3, -0.25) is 9.59 Å². The van der Waals surface area contributed by atoms with Crippen molar-refractivity contribution in [2.75, 3.05) is 24.2 Å². The standard InChI is InChI=1S/C30H37N3O5S/c1-19-10-11-20(2)24(16-19)26(27(35)31-23-13-12-21-8-6-7-9-22(21)17-23)33(14-15-34)28(36)25(18-39)32-29(37)38-30(3,4)5/h6-13,16-17,25-26,34,39H,14-15,18H2,1-5H3,(H,31,35)(H,32,37). The van der Waals surface area contributed by atoms with Gasteiger partial charge in [0, 0.05) is 18.0 Å². The molecule has 0 saturated carbocycles. The van der Waals surface area contributed by atoms with Crippen molar-refractivity contribution in [3.8, 4) is 0 Å². The molecular weight excluding hydrogens is 514 g/mol. The number of alkyl carbamates (subject to hydrolysis) is 1. The number of aryl methyl sites for hydroxylation is 2. The highest BCUT2D eigenvalue weighted by Gasteiger charge is 2.36. The van der Waals surface area contributed by atoms with Crippen molar-refractivity contribution in [2.24, 2.45) is 0 Å². The molecule has 208 valence electrons. The van der Waals surface area contributed by atoms with E-state index in [2.05, 4.69) is 23.3 Å². The second-order valence-electron chi connectivity index (χ2n) is 10.5. The summed E-state index contributed by atoms with van der Waals surface area (Å²) < 4.78 is 5.32. The SMILES string of the molecule is Cc1ccc(C)c(C(C(=O)Nc2ccc3ccccc3c2)N(CCO)C(=O)C(CS)NC(=O)OC(C)(C)C)c1. The maximum Gasteiger partial charge on any atom is 0.408 e. The number of aliphatic hydroxyl groups excluding tert-OH is 1. The van der Waals surface area contributed by atoms with Crippen LogP contribution < -0.4 is 10.6 Å². The van der Waals surface area contributed by atoms with Gasteiger partial charge in [-0.1, -0.05) is 54.1 Å². The van der Waals surface area contributed by atoms with E-state index < -0.39 is 35.6 Å². The average Bonchev–Trinajstić information content (AvgIpc) is 2.87. The van der Waals surface area contributed by atoms with Crippen LogP contribution >= 0.6 is 12.6 Å². The Morgan fingerprint density at radius 3 is 2.33 bits per heavy atom. The summed E-state index contributed by atoms with van der Waals surface area (Å²) in [6.07, 6.45) is -0.775. The van der Waals surface area contributed by atoms with Crippen molar-refractivity contribution < 1.29 is 24.2 Å². The van der Waals surface area contributed by atoms with Gasteiger partial charge in [-0.2, -0.15) is 12.6 Å². The van der Waals surface area contributed by atoms with Crippen molar-refractivity contribution >= 4 is 47.0 Å². The van der Waals surface area contributed by atoms with Crippen LogP contribution in [0.5, 0.6) is 0 Å². The molecule has 0 aromatic heterocycles. The molecule has 2 atom stereocenters. The predicted octanol–water partition coefficient (Wildman–Crippen LogP) is 4.78. The predicted molar refractivity (Wildman–Crippen MR) is 157 cm³/mol. The summed E-state index contributed by atoms with van der Waals surface area (Å²) >= 11 is 4.28. The van der Waals surface area contributed by atoms with Gasteiger partial charge < -0.3 is 25.4 Å². The summed E-state index contributed by atoms with van der Waals surface area (Å²) in [5, 5.41) is 17.4. The summed E-state index contributed by atoms with van der Waals surface area (Å²) in [7, 11) is 0. The van der Waals surface area contributed by atoms with Crippen molar-refractivity contribution in [2.45, 2.75) is 52.3 Å². The van der Waals surface area contributed by atoms with Crippen LogP contribution in [0.1, 0.15) is 43.5 Å². The Morgan fingerprint density at radius 1 is 1.00 bits per heavy atom. The molecule has 2 unspecified atom stereocenters. The first-order valence-electron chi connectivity index (χ1n) is 12.8. The van der Waals surface area contributed by atoms with Crippen LogP contribution in [0.2, 0.25) is 0 Å². The first kappa shape index (κ1) is 30.0. The summed E-state index contributed by atoms with van der Waals surface area (Å²) in [4.78, 5) is 41.5. The zero-order valence-electron chi connectivity index (χ0n) is 23.0. The second kappa shape index (κ2) is 13.0. The van der Waals surface area contributed by atoms with E-state index in [9.17, 15) is 19.5 Å². The molecule has 3 amide bonds. The number of fused-ring (bicyclic) bond motifs is 1. The molecule has 0 heterocycles. The average molecular weight is 552 g/mol. The molecule has 9 heteroatoms. The highest BCUT2D eigenvalue weighted by atomic mass is 32.1. The highest BCUT2D eigenvalue weighted by Crippen LogP contribution is 2.29. The number of ether oxygens (including phenoxy) is 1. The normalized spacial score (nSPS) is 12.9. The van der Waals surface area contributed by atoms with Gasteiger partial charge in [0.25, 0.3) is 5.91 Å². The van der Waals surface area contributed by atoms with Crippen molar-refractivity contribution in [3.63, 3.8) is 0 Å². The monoisotopic (exact) mass is 551 g/mol. The fourth-order valence-corrected chi connectivity index (χ4v) is 4.54. The summed E-state index contributed by atoms with van der Waals surface area (Å²) in [5.74, 6) is -1.05. The molecule has 3 aromatic carbocycles. The fourth-order valence-electron chi connectivity index (χ4n) is 4.29. The van der Waals surface area contributed by atoms with E-state index in [4.69, 9.17) is 4.74 Å². The number of carbonyl (C=O) groups is 3. The molecule has 0 aliphatic carbocycles. The van der Waals surface area contributed by atoms with Crippen LogP contribution in [0, 0.1) is 13.8 Å². The molecule has 0 saturated heterocycles. The van der Waals surface area contributed by atoms with Crippen LogP contribution in [-0.2, 0) is 14.3 Å². The fraction of sp³-hybridized carbons (Fsp3) is 0.367. The van der Waals surface area contributed by atoms with E-state index in [1.165, 1.54) is 4.90 Å². The quantitative estimate of drug-likeness (QED) is 0.286. The number of benzene rings is 3. The number of hydrogen-bond acceptors (Lipinski definition) is 6. The Labute approximate surface area is 235 Å². The Morgan fingerprint density at radius 2 is 1.69 bits per heavy atom. The van der Waals surface area contributed by atoms with Crippen molar-refractivity contribution in [3.05, 3.63) is 77.4 Å². The lowest BCUT2D eigenvalue weighted by Gasteiger charge is -2.34. The molecule has 39 heavy (non-hydrogen) atoms. The molecule has 0 spiro atoms. The minimum Gasteiger partial charge on any atom is -0.444 e. The Balaban J connectivity index is 2.01. The van der Waals surface area contributed by atoms with Crippen molar-refractivity contribution in [1.29, 1.82) is 0 Å². The Kier molecular flexibility index (Phi) is 9.99. The number of amides is 3. The van der Waals surface area contributed by atoms with E-state index in [1.54, 1.807) is 26.8 Å². The minimum absolute atomic E-state index is 0.0359. The molecule has 3 rings (SSSR count). The number of thiol groups is 1. The lowest BCUT2D eigenvalue weighted by atomic mass is 9.96. The minimum atomic E-state index is -1.09. The molecule has 0 fully saturated rings. The van der Waals surface area contributed by atoms with E-state index in [1.807, 2.05) is 68.4 Å². The number of nitrogens with zero attached hydrogens (tertiary/aromatic N) is 1. The van der Waals surface area contributed by atoms with Crippen molar-refractivity contribution in [1.82, 2.24) is 10.2 Å². The molecule has 3 aromatic rings. The topological polar surface area (TPSA) is 108 Å². The highest BCUT2D eigenvalue weighted by molar-refractivity contribution is 7.80. The first-order valence-corrected chi connectivity index (χ1v) is 13.4. The van der Waals surface area contributed by atoms with Gasteiger partial charge in [0.2, 0.25) is 5.91 Å². The van der Waals surface area contributed by atoms with Gasteiger partial charge >= 0.3 is 6.09 Å². The van der Waals surface area contributed by atoms with Crippen LogP contribution in [0.15, 0.2) is 60.7 Å². The lowest BCUT2D eigenvalue weighted by molar-refractivity contribution is -0.140. The number of rotatable bonds is 9. The Bertz CT molecular complexity index is 1340. The van der Waals surface area contributed by atoms with Crippen LogP contribution in [0.4, 0.5) is 10.5 Å². The molecule has 3 N–H and O–H groups in total. The summed E-state index contributed by atoms with van der Waals surface area (Å²) in [5.41, 5.74) is 2.14. The third-order valence-corrected chi connectivity index (χ3v) is 6.47. The van der Waals surface area contributed by atoms with E-state index >= 15 is 0 Å². The summed E-state index contributed by atoms with van der Waals surface area (Å²) in [6, 6.07) is 16.9. The van der Waals surface area contributed by atoms with Gasteiger partial charge in [0.15, 0.2) is 0 Å². The smallest absolute Gasteiger partial charge is 0.408 e. The summed E-state index contributed by atoms with van der Waals surface area (Å²) in [6.45, 7) is 8.40. The molecule has 0 bridgehead atoms. The third kappa shape index (κ3) is 7.97. The van der Waals surface area contributed by atoms with Gasteiger partial charge in [-0.25, -0.2) is 4.79 Å². The van der Waals surface area contributed by atoms with E-state index in [0.29, 0.717) is 11.3 Å². The largest absolute Gasteiger partial charge is 0.444 e. The Hall–Kier alpha value is -3.56. The number of hydrogen-bond donors (Lipinski definition) is 4. The van der Waals surface area contributed by atoms with Gasteiger partial charge in [0.1, 0.15) is 17.7 Å². The first-order chi connectivity index (χ1) is 18.4. The molecule has 0 aliphatic rings. The van der Waals surface area contributed by atoms with Crippen LogP contribution in [0.3, 0.4) is 0 Å². The van der Waals surface area contributed by atoms with E-state index in [0.717, 1.165) is 21.9 Å². The zero-order valence-corrected chi connectivity index (χ0v) is 23.9. The number of aliphatic hydroxyl groups is 1. The lowest BCUT2D eigenvalue weighted by Crippen LogP contribution is -2.54. The maximum atomic E-state index is 13.9. The van der Waals surface area contributed by atoms with Crippen LogP contribution in [-0.4, -0.2) is 58.5 Å². The van der Waals surface area contributed by atoms with Crippen LogP contribution in [0.25, 0.3) is 10.8 Å².